The number of allylic oxidation sites excluding steroid dienone is 1. The summed E-state index contributed by atoms with van der Waals surface area (Å²) in [5.41, 5.74) is 6.63. The third kappa shape index (κ3) is 4.85. The van der Waals surface area contributed by atoms with Crippen LogP contribution in [0.25, 0.3) is 16.7 Å². The van der Waals surface area contributed by atoms with Gasteiger partial charge in [0.25, 0.3) is 5.91 Å². The van der Waals surface area contributed by atoms with Gasteiger partial charge in [0.1, 0.15) is 17.4 Å². The van der Waals surface area contributed by atoms with E-state index in [2.05, 4.69) is 22.4 Å². The van der Waals surface area contributed by atoms with Crippen molar-refractivity contribution in [2.75, 3.05) is 32.7 Å². The molecule has 0 unspecified atom stereocenters. The van der Waals surface area contributed by atoms with Crippen LogP contribution in [0.1, 0.15) is 58.8 Å². The average molecular weight is 568 g/mol. The summed E-state index contributed by atoms with van der Waals surface area (Å²) in [4.78, 5) is 28.9. The first-order valence-electron chi connectivity index (χ1n) is 14.4. The minimum atomic E-state index is -0.0773. The Morgan fingerprint density at radius 1 is 1.07 bits per heavy atom. The average Bonchev–Trinajstić information content (AvgIpc) is 3.71. The van der Waals surface area contributed by atoms with Crippen LogP contribution in [0.3, 0.4) is 0 Å². The maximum Gasteiger partial charge on any atom is 0.254 e. The van der Waals surface area contributed by atoms with Crippen LogP contribution in [0, 0.1) is 6.92 Å². The molecule has 2 aliphatic carbocycles. The quantitative estimate of drug-likeness (QED) is 0.297. The van der Waals surface area contributed by atoms with Crippen LogP contribution in [-0.2, 0) is 11.2 Å². The van der Waals surface area contributed by atoms with Gasteiger partial charge in [-0.1, -0.05) is 12.1 Å². The number of hydrogen-bond donors (Lipinski definition) is 1. The summed E-state index contributed by atoms with van der Waals surface area (Å²) in [6, 6.07) is 11.5. The van der Waals surface area contributed by atoms with Gasteiger partial charge in [0.2, 0.25) is 11.8 Å². The van der Waals surface area contributed by atoms with Crippen molar-refractivity contribution in [1.29, 1.82) is 0 Å². The van der Waals surface area contributed by atoms with Gasteiger partial charge in [0, 0.05) is 26.0 Å². The Morgan fingerprint density at radius 3 is 2.67 bits per heavy atom. The summed E-state index contributed by atoms with van der Waals surface area (Å²) in [5, 5.41) is 3.32. The van der Waals surface area contributed by atoms with Gasteiger partial charge in [-0.15, -0.1) is 0 Å². The summed E-state index contributed by atoms with van der Waals surface area (Å²) in [5.74, 6) is 2.07. The summed E-state index contributed by atoms with van der Waals surface area (Å²) < 4.78 is 23.3. The summed E-state index contributed by atoms with van der Waals surface area (Å²) >= 11 is 0. The second-order valence-corrected chi connectivity index (χ2v) is 11.1. The molecule has 1 N–H and O–H groups in total. The van der Waals surface area contributed by atoms with Crippen LogP contribution in [0.15, 0.2) is 46.9 Å². The molecule has 1 saturated heterocycles. The maximum atomic E-state index is 13.0. The Hall–Kier alpha value is -4.44. The monoisotopic (exact) mass is 567 g/mol. The molecule has 2 aromatic carbocycles. The zero-order valence-corrected chi connectivity index (χ0v) is 24.0. The first kappa shape index (κ1) is 26.5. The number of aryl methyl sites for hydroxylation is 1. The Labute approximate surface area is 243 Å². The molecule has 3 heterocycles. The normalized spacial score (nSPS) is 16.7. The van der Waals surface area contributed by atoms with E-state index in [-0.39, 0.29) is 18.1 Å². The van der Waals surface area contributed by atoms with Crippen LogP contribution >= 0.6 is 0 Å². The van der Waals surface area contributed by atoms with Crippen LogP contribution in [0.4, 0.5) is 11.6 Å². The van der Waals surface area contributed by atoms with Gasteiger partial charge in [-0.2, -0.15) is 4.98 Å². The largest absolute Gasteiger partial charge is 0.495 e. The lowest BCUT2D eigenvalue weighted by Crippen LogP contribution is -2.49. The molecule has 1 aliphatic heterocycles. The van der Waals surface area contributed by atoms with Crippen molar-refractivity contribution in [3.8, 4) is 11.6 Å². The first-order chi connectivity index (χ1) is 20.5. The Kier molecular flexibility index (Phi) is 6.78. The van der Waals surface area contributed by atoms with Gasteiger partial charge >= 0.3 is 0 Å². The summed E-state index contributed by atoms with van der Waals surface area (Å²) in [6.45, 7) is 2.97. The van der Waals surface area contributed by atoms with E-state index in [1.807, 2.05) is 25.1 Å². The number of methoxy groups -OCH3 is 1. The molecule has 2 aromatic heterocycles. The van der Waals surface area contributed by atoms with E-state index < -0.39 is 0 Å². The lowest BCUT2D eigenvalue weighted by molar-refractivity contribution is -0.0467. The van der Waals surface area contributed by atoms with Gasteiger partial charge in [-0.3, -0.25) is 4.79 Å². The van der Waals surface area contributed by atoms with E-state index in [1.54, 1.807) is 31.2 Å². The predicted octanol–water partition coefficient (Wildman–Crippen LogP) is 5.46. The van der Waals surface area contributed by atoms with Gasteiger partial charge in [0.15, 0.2) is 11.5 Å². The van der Waals surface area contributed by atoms with Crippen molar-refractivity contribution in [2.24, 2.45) is 0 Å². The molecule has 0 bridgehead atoms. The second kappa shape index (κ2) is 10.8. The van der Waals surface area contributed by atoms with E-state index in [9.17, 15) is 4.79 Å². The lowest BCUT2D eigenvalue weighted by atomic mass is 10.0. The topological polar surface area (TPSA) is 112 Å². The molecule has 4 aromatic rings. The Bertz CT molecular complexity index is 1700. The summed E-state index contributed by atoms with van der Waals surface area (Å²) in [7, 11) is 3.38. The van der Waals surface area contributed by atoms with Gasteiger partial charge in [0.05, 0.1) is 43.3 Å². The molecule has 1 amide bonds. The Balaban J connectivity index is 1.21. The van der Waals surface area contributed by atoms with Crippen LogP contribution in [-0.4, -0.2) is 65.3 Å². The number of carbonyl (C=O) groups is 1. The van der Waals surface area contributed by atoms with Crippen molar-refractivity contribution < 1.29 is 23.4 Å². The van der Waals surface area contributed by atoms with E-state index in [0.29, 0.717) is 54.4 Å². The molecule has 2 fully saturated rings. The molecule has 216 valence electrons. The van der Waals surface area contributed by atoms with Crippen LogP contribution < -0.4 is 14.8 Å². The number of oxazole rings is 1. The van der Waals surface area contributed by atoms with Gasteiger partial charge < -0.3 is 28.8 Å². The fourth-order valence-electron chi connectivity index (χ4n) is 5.84. The molecule has 10 heteroatoms. The fourth-order valence-corrected chi connectivity index (χ4v) is 5.84. The molecule has 10 nitrogen and oxygen atoms in total. The highest BCUT2D eigenvalue weighted by Crippen LogP contribution is 2.41. The molecule has 0 spiro atoms. The molecular weight excluding hydrogens is 534 g/mol. The van der Waals surface area contributed by atoms with Crippen molar-refractivity contribution in [3.05, 3.63) is 70.7 Å². The molecule has 1 saturated carbocycles. The Morgan fingerprint density at radius 2 is 1.90 bits per heavy atom. The number of aromatic nitrogens is 3. The number of fused-ring (bicyclic) bond motifs is 2. The molecule has 42 heavy (non-hydrogen) atoms. The van der Waals surface area contributed by atoms with E-state index >= 15 is 0 Å². The molecule has 7 rings (SSSR count). The number of nitrogens with zero attached hydrogens (tertiary/aromatic N) is 4. The molecule has 3 aliphatic rings. The first-order valence-corrected chi connectivity index (χ1v) is 14.4. The van der Waals surface area contributed by atoms with Crippen molar-refractivity contribution in [3.63, 3.8) is 0 Å². The number of likely N-dealkylation sites (N-methyl/N-ethyl adjacent to an activating group) is 1. The standard InChI is InChI=1S/C32H33N5O5/c1-18-33-25-11-8-19(14-28(25)41-18)23-10-13-26-29(23)30(42-22-6-4-5-7-22)36-32(35-26)34-24-12-9-20(15-27(24)39-3)31(38)37(2)21-16-40-17-21/h8-12,14-15,21-22H,4-7,13,16-17H2,1-3H3,(H,34,35,36). The third-order valence-electron chi connectivity index (χ3n) is 8.29. The number of carbonyl (C=O) groups excluding carboxylic acids is 1. The minimum Gasteiger partial charge on any atom is -0.495 e. The number of nitrogens with one attached hydrogen (secondary N) is 1. The molecular formula is C32H33N5O5. The van der Waals surface area contributed by atoms with E-state index in [0.717, 1.165) is 59.2 Å². The van der Waals surface area contributed by atoms with Gasteiger partial charge in [-0.25, -0.2) is 9.97 Å². The maximum absolute atomic E-state index is 13.0. The molecule has 0 atom stereocenters. The number of anilines is 2. The van der Waals surface area contributed by atoms with E-state index in [1.165, 1.54) is 0 Å². The number of ether oxygens (including phenoxy) is 3. The number of hydrogen-bond acceptors (Lipinski definition) is 9. The minimum absolute atomic E-state index is 0.0773. The van der Waals surface area contributed by atoms with Crippen molar-refractivity contribution in [1.82, 2.24) is 19.9 Å². The zero-order valence-electron chi connectivity index (χ0n) is 24.0. The molecule has 0 radical (unpaired) electrons. The number of rotatable bonds is 8. The number of amides is 1. The van der Waals surface area contributed by atoms with Crippen molar-refractivity contribution in [2.45, 2.75) is 51.2 Å². The van der Waals surface area contributed by atoms with Crippen LogP contribution in [0.2, 0.25) is 0 Å². The highest BCUT2D eigenvalue weighted by Gasteiger charge is 2.29. The fraction of sp³-hybridized carbons (Fsp3) is 0.375. The van der Waals surface area contributed by atoms with Crippen molar-refractivity contribution >= 4 is 34.2 Å². The smallest absolute Gasteiger partial charge is 0.254 e. The number of benzene rings is 2. The van der Waals surface area contributed by atoms with Gasteiger partial charge in [-0.05, 0) is 67.2 Å². The highest BCUT2D eigenvalue weighted by molar-refractivity contribution is 5.95. The second-order valence-electron chi connectivity index (χ2n) is 11.1. The lowest BCUT2D eigenvalue weighted by Gasteiger charge is -2.34. The summed E-state index contributed by atoms with van der Waals surface area (Å²) in [6.07, 6.45) is 7.26. The zero-order chi connectivity index (χ0) is 28.8. The SMILES string of the molecule is COc1cc(C(=O)N(C)C2COC2)ccc1Nc1nc2c(c(OC3CCCC3)n1)C(c1ccc3nc(C)oc3c1)=CC2. The third-order valence-corrected chi connectivity index (χ3v) is 8.29. The van der Waals surface area contributed by atoms with Crippen LogP contribution in [0.5, 0.6) is 11.6 Å². The van der Waals surface area contributed by atoms with E-state index in [4.69, 9.17) is 28.6 Å². The predicted molar refractivity (Wildman–Crippen MR) is 157 cm³/mol. The highest BCUT2D eigenvalue weighted by atomic mass is 16.5.